The monoisotopic (exact) mass is 564 g/mol. The van der Waals surface area contributed by atoms with Crippen LogP contribution in [-0.2, 0) is 33.1 Å². The third-order valence-electron chi connectivity index (χ3n) is 6.11. The highest BCUT2D eigenvalue weighted by atomic mass is 32.2. The summed E-state index contributed by atoms with van der Waals surface area (Å²) in [4.78, 5) is 41.4. The number of thiophene rings is 2. The zero-order chi connectivity index (χ0) is 26.7. The number of amides is 3. The van der Waals surface area contributed by atoms with Crippen LogP contribution in [0.15, 0.2) is 45.3 Å². The number of rotatable bonds is 9. The second-order valence-electron chi connectivity index (χ2n) is 8.83. The third-order valence-corrected chi connectivity index (χ3v) is 9.93. The fourth-order valence-electron chi connectivity index (χ4n) is 4.34. The summed E-state index contributed by atoms with van der Waals surface area (Å²) in [6, 6.07) is 5.84. The Hall–Kier alpha value is -3.07. The van der Waals surface area contributed by atoms with Crippen LogP contribution >= 0.6 is 22.7 Å². The first-order valence-corrected chi connectivity index (χ1v) is 14.8. The second-order valence-corrected chi connectivity index (χ2v) is 12.8. The van der Waals surface area contributed by atoms with Crippen LogP contribution < -0.4 is 15.8 Å². The Bertz CT molecular complexity index is 1370. The van der Waals surface area contributed by atoms with Crippen molar-refractivity contribution in [2.24, 2.45) is 12.8 Å². The molecule has 0 saturated carbocycles. The summed E-state index contributed by atoms with van der Waals surface area (Å²) in [6.07, 6.45) is 0.559. The normalized spacial score (nSPS) is 18.9. The average molecular weight is 565 g/mol. The lowest BCUT2D eigenvalue weighted by Crippen LogP contribution is -2.59. The van der Waals surface area contributed by atoms with E-state index in [4.69, 9.17) is 5.73 Å². The van der Waals surface area contributed by atoms with Gasteiger partial charge in [0.15, 0.2) is 0 Å². The second kappa shape index (κ2) is 11.1. The number of carbonyl (C=O) groups excluding carboxylic acids is 3. The fourth-order valence-corrected chi connectivity index (χ4v) is 7.38. The van der Waals surface area contributed by atoms with Crippen LogP contribution in [0.5, 0.6) is 0 Å². The molecule has 3 aromatic rings. The van der Waals surface area contributed by atoms with E-state index in [-0.39, 0.29) is 23.6 Å². The lowest BCUT2D eigenvalue weighted by Gasteiger charge is -2.39. The molecule has 37 heavy (non-hydrogen) atoms. The molecule has 1 aliphatic rings. The van der Waals surface area contributed by atoms with Crippen molar-refractivity contribution < 1.29 is 22.8 Å². The number of nitrogens with one attached hydrogen (secondary N) is 2. The van der Waals surface area contributed by atoms with Crippen LogP contribution in [0.3, 0.4) is 0 Å². The first-order valence-electron chi connectivity index (χ1n) is 11.5. The van der Waals surface area contributed by atoms with Gasteiger partial charge in [-0.25, -0.2) is 13.1 Å². The number of primary amides is 1. The number of aryl methyl sites for hydroxylation is 2. The Kier molecular flexibility index (Phi) is 8.11. The van der Waals surface area contributed by atoms with Crippen molar-refractivity contribution >= 4 is 50.4 Å². The largest absolute Gasteiger partial charge is 0.368 e. The van der Waals surface area contributed by atoms with Gasteiger partial charge in [-0.05, 0) is 48.7 Å². The molecule has 14 heteroatoms. The maximum absolute atomic E-state index is 13.5. The number of nitrogens with two attached hydrogens (primary N) is 1. The number of sulfonamides is 1. The predicted molar refractivity (Wildman–Crippen MR) is 140 cm³/mol. The number of hydrogen-bond donors (Lipinski definition) is 3. The molecule has 198 valence electrons. The van der Waals surface area contributed by atoms with Gasteiger partial charge in [0, 0.05) is 30.9 Å². The highest BCUT2D eigenvalue weighted by Crippen LogP contribution is 2.24. The first kappa shape index (κ1) is 27.0. The van der Waals surface area contributed by atoms with Crippen LogP contribution in [0.1, 0.15) is 33.9 Å². The molecule has 1 saturated heterocycles. The predicted octanol–water partition coefficient (Wildman–Crippen LogP) is 1.02. The van der Waals surface area contributed by atoms with E-state index in [1.54, 1.807) is 31.5 Å². The van der Waals surface area contributed by atoms with Gasteiger partial charge in [-0.15, -0.1) is 22.7 Å². The van der Waals surface area contributed by atoms with Gasteiger partial charge in [0.1, 0.15) is 22.0 Å². The average Bonchev–Trinajstić information content (AvgIpc) is 3.61. The van der Waals surface area contributed by atoms with Crippen LogP contribution in [-0.4, -0.2) is 65.5 Å². The highest BCUT2D eigenvalue weighted by Gasteiger charge is 2.40. The number of carbonyl (C=O) groups is 3. The number of piperidine rings is 1. The molecular formula is C23H28N6O5S3. The highest BCUT2D eigenvalue weighted by molar-refractivity contribution is 7.91. The van der Waals surface area contributed by atoms with Gasteiger partial charge in [-0.2, -0.15) is 5.10 Å². The fraction of sp³-hybridized carbons (Fsp3) is 0.391. The third kappa shape index (κ3) is 6.26. The van der Waals surface area contributed by atoms with Crippen molar-refractivity contribution in [2.45, 2.75) is 48.5 Å². The molecular weight excluding hydrogens is 536 g/mol. The molecule has 1 fully saturated rings. The van der Waals surface area contributed by atoms with Gasteiger partial charge < -0.3 is 16.0 Å². The van der Waals surface area contributed by atoms with Crippen molar-refractivity contribution in [1.82, 2.24) is 24.7 Å². The Labute approximate surface area is 222 Å². The van der Waals surface area contributed by atoms with E-state index >= 15 is 0 Å². The molecule has 1 aliphatic heterocycles. The van der Waals surface area contributed by atoms with Crippen LogP contribution in [0.4, 0.5) is 0 Å². The van der Waals surface area contributed by atoms with Crippen LogP contribution in [0.2, 0.25) is 0 Å². The van der Waals surface area contributed by atoms with E-state index in [0.29, 0.717) is 17.8 Å². The molecule has 11 nitrogen and oxygen atoms in total. The SMILES string of the molecule is Cc1cc(C(=O)N2CCC(NS(=O)(=O)c3cccs3)CC2C(=O)NC(Cc2cccs2)C(N)=O)n(C)n1. The quantitative estimate of drug-likeness (QED) is 0.352. The lowest BCUT2D eigenvalue weighted by atomic mass is 9.96. The maximum Gasteiger partial charge on any atom is 0.272 e. The van der Waals surface area contributed by atoms with Gasteiger partial charge in [0.2, 0.25) is 21.8 Å². The summed E-state index contributed by atoms with van der Waals surface area (Å²) in [6.45, 7) is 1.89. The zero-order valence-corrected chi connectivity index (χ0v) is 22.7. The Morgan fingerprint density at radius 2 is 1.95 bits per heavy atom. The molecule has 3 amide bonds. The number of nitrogens with zero attached hydrogens (tertiary/aromatic N) is 3. The number of likely N-dealkylation sites (tertiary alicyclic amines) is 1. The molecule has 0 aliphatic carbocycles. The van der Waals surface area contributed by atoms with Gasteiger partial charge >= 0.3 is 0 Å². The van der Waals surface area contributed by atoms with Gasteiger partial charge in [0.25, 0.3) is 5.91 Å². The molecule has 0 radical (unpaired) electrons. The van der Waals surface area contributed by atoms with E-state index in [1.165, 1.54) is 27.0 Å². The standard InChI is InChI=1S/C23H28N6O5S3/c1-14-11-19(28(2)26-14)23(32)29-8-7-15(27-37(33,34)20-6-4-10-36-20)12-18(29)22(31)25-17(21(24)30)13-16-5-3-9-35-16/h3-6,9-11,15,17-18,27H,7-8,12-13H2,1-2H3,(H2,24,30)(H,25,31). The maximum atomic E-state index is 13.5. The summed E-state index contributed by atoms with van der Waals surface area (Å²) in [5.41, 5.74) is 6.52. The zero-order valence-electron chi connectivity index (χ0n) is 20.3. The van der Waals surface area contributed by atoms with Crippen molar-refractivity contribution in [2.75, 3.05) is 6.54 Å². The van der Waals surface area contributed by atoms with E-state index in [9.17, 15) is 22.8 Å². The molecule has 0 aromatic carbocycles. The summed E-state index contributed by atoms with van der Waals surface area (Å²) in [5.74, 6) is -1.68. The molecule has 0 bridgehead atoms. The Morgan fingerprint density at radius 3 is 2.54 bits per heavy atom. The minimum atomic E-state index is -3.78. The molecule has 3 atom stereocenters. The van der Waals surface area contributed by atoms with Crippen molar-refractivity contribution in [3.8, 4) is 0 Å². The smallest absolute Gasteiger partial charge is 0.272 e. The van der Waals surface area contributed by atoms with Crippen molar-refractivity contribution in [3.05, 3.63) is 57.4 Å². The van der Waals surface area contributed by atoms with E-state index in [0.717, 1.165) is 16.2 Å². The lowest BCUT2D eigenvalue weighted by molar-refractivity contribution is -0.131. The van der Waals surface area contributed by atoms with Gasteiger partial charge in [-0.3, -0.25) is 19.1 Å². The van der Waals surface area contributed by atoms with E-state index < -0.39 is 45.9 Å². The molecule has 3 aromatic heterocycles. The minimum Gasteiger partial charge on any atom is -0.368 e. The summed E-state index contributed by atoms with van der Waals surface area (Å²) >= 11 is 2.53. The molecule has 4 N–H and O–H groups in total. The minimum absolute atomic E-state index is 0.0312. The number of aromatic nitrogens is 2. The summed E-state index contributed by atoms with van der Waals surface area (Å²) < 4.78 is 29.9. The molecule has 4 rings (SSSR count). The molecule has 3 unspecified atom stereocenters. The van der Waals surface area contributed by atoms with Crippen molar-refractivity contribution in [1.29, 1.82) is 0 Å². The van der Waals surface area contributed by atoms with Crippen LogP contribution in [0.25, 0.3) is 0 Å². The molecule has 4 heterocycles. The first-order chi connectivity index (χ1) is 17.5. The van der Waals surface area contributed by atoms with Crippen LogP contribution in [0, 0.1) is 6.92 Å². The topological polar surface area (TPSA) is 156 Å². The van der Waals surface area contributed by atoms with Crippen molar-refractivity contribution in [3.63, 3.8) is 0 Å². The van der Waals surface area contributed by atoms with Gasteiger partial charge in [-0.1, -0.05) is 12.1 Å². The van der Waals surface area contributed by atoms with E-state index in [1.807, 2.05) is 17.5 Å². The number of hydrogen-bond acceptors (Lipinski definition) is 8. The van der Waals surface area contributed by atoms with Gasteiger partial charge in [0.05, 0.1) is 5.69 Å². The Balaban J connectivity index is 1.57. The molecule has 0 spiro atoms. The summed E-state index contributed by atoms with van der Waals surface area (Å²) in [5, 5.41) is 10.4. The Morgan fingerprint density at radius 1 is 1.22 bits per heavy atom. The van der Waals surface area contributed by atoms with E-state index in [2.05, 4.69) is 15.1 Å². The summed E-state index contributed by atoms with van der Waals surface area (Å²) in [7, 11) is -2.14.